The third-order valence-electron chi connectivity index (χ3n) is 5.33. The Morgan fingerprint density at radius 3 is 2.44 bits per heavy atom. The average Bonchev–Trinajstić information content (AvgIpc) is 3.03. The summed E-state index contributed by atoms with van der Waals surface area (Å²) < 4.78 is 51.4. The molecular weight excluding hydrogens is 392 g/mol. The van der Waals surface area contributed by atoms with Crippen LogP contribution >= 0.6 is 0 Å². The van der Waals surface area contributed by atoms with Gasteiger partial charge in [0, 0.05) is 13.1 Å². The lowest BCUT2D eigenvalue weighted by molar-refractivity contribution is 0.250. The van der Waals surface area contributed by atoms with Crippen LogP contribution in [0.25, 0.3) is 10.9 Å². The van der Waals surface area contributed by atoms with E-state index in [0.717, 1.165) is 0 Å². The topological polar surface area (TPSA) is 119 Å². The number of rotatable bonds is 3. The quantitative estimate of drug-likeness (QED) is 0.693. The van der Waals surface area contributed by atoms with Crippen molar-refractivity contribution in [1.82, 2.24) is 19.3 Å². The van der Waals surface area contributed by atoms with Crippen molar-refractivity contribution in [3.8, 4) is 0 Å². The Bertz CT molecular complexity index is 1130. The molecule has 9 nitrogen and oxygen atoms in total. The zero-order valence-corrected chi connectivity index (χ0v) is 16.2. The predicted molar refractivity (Wildman–Crippen MR) is 99.6 cm³/mol. The number of fused-ring (bicyclic) bond motifs is 1. The van der Waals surface area contributed by atoms with E-state index in [1.165, 1.54) is 8.99 Å². The number of sulfonamides is 1. The molecule has 1 aromatic carbocycles. The van der Waals surface area contributed by atoms with Crippen LogP contribution in [0.1, 0.15) is 25.3 Å². The lowest BCUT2D eigenvalue weighted by Crippen LogP contribution is -2.45. The first-order valence-electron chi connectivity index (χ1n) is 8.81. The van der Waals surface area contributed by atoms with E-state index in [1.54, 1.807) is 24.3 Å². The van der Waals surface area contributed by atoms with Gasteiger partial charge in [0.15, 0.2) is 9.84 Å². The van der Waals surface area contributed by atoms with E-state index in [1.807, 2.05) is 0 Å². The van der Waals surface area contributed by atoms with E-state index in [-0.39, 0.29) is 42.6 Å². The molecule has 2 aliphatic rings. The molecule has 1 aromatic heterocycles. The Morgan fingerprint density at radius 1 is 1.07 bits per heavy atom. The van der Waals surface area contributed by atoms with Gasteiger partial charge in [-0.1, -0.05) is 17.3 Å². The van der Waals surface area contributed by atoms with Crippen LogP contribution in [0.3, 0.4) is 0 Å². The molecule has 4 rings (SSSR count). The minimum Gasteiger partial charge on any atom is -0.267 e. The van der Waals surface area contributed by atoms with Crippen LogP contribution < -0.4 is 5.56 Å². The van der Waals surface area contributed by atoms with Crippen molar-refractivity contribution < 1.29 is 16.8 Å². The smallest absolute Gasteiger partial charge is 0.267 e. The Labute approximate surface area is 156 Å². The highest BCUT2D eigenvalue weighted by Gasteiger charge is 2.41. The lowest BCUT2D eigenvalue weighted by Gasteiger charge is -2.32. The van der Waals surface area contributed by atoms with Gasteiger partial charge in [0.1, 0.15) is 5.52 Å². The number of nitrogens with zero attached hydrogens (tertiary/aromatic N) is 4. The maximum Gasteiger partial charge on any atom is 0.277 e. The highest BCUT2D eigenvalue weighted by Crippen LogP contribution is 2.27. The molecule has 0 aliphatic carbocycles. The van der Waals surface area contributed by atoms with Gasteiger partial charge in [0.2, 0.25) is 10.0 Å². The Hall–Kier alpha value is -1.85. The molecule has 27 heavy (non-hydrogen) atoms. The van der Waals surface area contributed by atoms with Crippen LogP contribution in [0.4, 0.5) is 0 Å². The van der Waals surface area contributed by atoms with E-state index >= 15 is 0 Å². The third kappa shape index (κ3) is 3.39. The summed E-state index contributed by atoms with van der Waals surface area (Å²) in [6.45, 7) is 0.481. The molecule has 2 aliphatic heterocycles. The molecule has 0 saturated carbocycles. The minimum absolute atomic E-state index is 0.0740. The third-order valence-corrected chi connectivity index (χ3v) is 9.64. The number of sulfone groups is 1. The molecule has 146 valence electrons. The maximum atomic E-state index is 12.7. The summed E-state index contributed by atoms with van der Waals surface area (Å²) in [5.41, 5.74) is 0.296. The lowest BCUT2D eigenvalue weighted by atomic mass is 10.1. The van der Waals surface area contributed by atoms with Crippen LogP contribution in [-0.4, -0.2) is 66.0 Å². The second-order valence-electron chi connectivity index (χ2n) is 7.06. The molecule has 0 N–H and O–H groups in total. The van der Waals surface area contributed by atoms with Crippen LogP contribution in [0, 0.1) is 0 Å². The zero-order valence-electron chi connectivity index (χ0n) is 14.6. The normalized spacial score (nSPS) is 24.4. The highest BCUT2D eigenvalue weighted by molar-refractivity contribution is 7.95. The zero-order chi connectivity index (χ0) is 19.2. The van der Waals surface area contributed by atoms with Crippen molar-refractivity contribution >= 4 is 30.8 Å². The Morgan fingerprint density at radius 2 is 1.78 bits per heavy atom. The van der Waals surface area contributed by atoms with Crippen molar-refractivity contribution in [3.05, 3.63) is 34.6 Å². The Balaban J connectivity index is 1.51. The number of piperidine rings is 1. The predicted octanol–water partition coefficient (Wildman–Crippen LogP) is -0.0547. The summed E-state index contributed by atoms with van der Waals surface area (Å²) >= 11 is 0. The molecule has 0 bridgehead atoms. The number of benzene rings is 1. The van der Waals surface area contributed by atoms with Crippen molar-refractivity contribution in [1.29, 1.82) is 0 Å². The molecule has 2 aromatic rings. The molecule has 11 heteroatoms. The molecule has 3 heterocycles. The fraction of sp³-hybridized carbons (Fsp3) is 0.562. The van der Waals surface area contributed by atoms with Crippen LogP contribution in [0.5, 0.6) is 0 Å². The molecule has 0 spiro atoms. The highest BCUT2D eigenvalue weighted by atomic mass is 32.2. The maximum absolute atomic E-state index is 12.7. The molecule has 2 saturated heterocycles. The van der Waals surface area contributed by atoms with Gasteiger partial charge in [-0.05, 0) is 31.4 Å². The minimum atomic E-state index is -3.65. The van der Waals surface area contributed by atoms with Gasteiger partial charge in [-0.15, -0.1) is 5.10 Å². The summed E-state index contributed by atoms with van der Waals surface area (Å²) in [5.74, 6) is -0.375. The first-order valence-corrected chi connectivity index (χ1v) is 12.1. The second-order valence-corrected chi connectivity index (χ2v) is 11.5. The largest absolute Gasteiger partial charge is 0.277 e. The summed E-state index contributed by atoms with van der Waals surface area (Å²) in [5, 5.41) is 7.72. The van der Waals surface area contributed by atoms with E-state index in [0.29, 0.717) is 23.7 Å². The van der Waals surface area contributed by atoms with Gasteiger partial charge in [0.05, 0.1) is 28.2 Å². The number of aromatic nitrogens is 3. The monoisotopic (exact) mass is 412 g/mol. The van der Waals surface area contributed by atoms with Gasteiger partial charge < -0.3 is 0 Å². The molecule has 0 amide bonds. The van der Waals surface area contributed by atoms with Gasteiger partial charge in [-0.3, -0.25) is 4.79 Å². The molecule has 2 fully saturated rings. The molecular formula is C16H20N4O5S2. The molecule has 0 radical (unpaired) electrons. The van der Waals surface area contributed by atoms with Gasteiger partial charge >= 0.3 is 0 Å². The molecule has 0 unspecified atom stereocenters. The average molecular weight is 412 g/mol. The Kier molecular flexibility index (Phi) is 4.55. The summed E-state index contributed by atoms with van der Waals surface area (Å²) in [4.78, 5) is 12.6. The van der Waals surface area contributed by atoms with Crippen molar-refractivity contribution in [2.24, 2.45) is 0 Å². The van der Waals surface area contributed by atoms with Gasteiger partial charge in [-0.25, -0.2) is 25.8 Å². The van der Waals surface area contributed by atoms with Crippen LogP contribution in [0.2, 0.25) is 0 Å². The van der Waals surface area contributed by atoms with Crippen molar-refractivity contribution in [2.45, 2.75) is 30.6 Å². The van der Waals surface area contributed by atoms with Crippen molar-refractivity contribution in [3.63, 3.8) is 0 Å². The fourth-order valence-electron chi connectivity index (χ4n) is 3.79. The summed E-state index contributed by atoms with van der Waals surface area (Å²) in [7, 11) is -6.92. The van der Waals surface area contributed by atoms with Gasteiger partial charge in [-0.2, -0.15) is 0 Å². The van der Waals surface area contributed by atoms with Crippen LogP contribution in [0.15, 0.2) is 29.1 Å². The van der Waals surface area contributed by atoms with Crippen molar-refractivity contribution in [2.75, 3.05) is 24.6 Å². The number of hydrogen-bond acceptors (Lipinski definition) is 7. The fourth-order valence-corrected chi connectivity index (χ4v) is 8.35. The molecule has 1 atom stereocenters. The SMILES string of the molecule is O=c1c2ccccc2nnn1C1CCN(S(=O)(=O)[C@H]2CCS(=O)(=O)C2)CC1. The van der Waals surface area contributed by atoms with E-state index in [4.69, 9.17) is 0 Å². The first-order chi connectivity index (χ1) is 12.8. The van der Waals surface area contributed by atoms with Crippen LogP contribution in [-0.2, 0) is 19.9 Å². The van der Waals surface area contributed by atoms with E-state index in [9.17, 15) is 21.6 Å². The first kappa shape index (κ1) is 18.5. The van der Waals surface area contributed by atoms with E-state index in [2.05, 4.69) is 10.3 Å². The second kappa shape index (κ2) is 6.64. The standard InChI is InChI=1S/C16H20N4O5S2/c21-16-14-3-1-2-4-15(14)17-18-20(16)12-5-8-19(9-6-12)27(24,25)13-7-10-26(22,23)11-13/h1-4,12-13H,5-11H2/t13-/m0/s1. The van der Waals surface area contributed by atoms with E-state index < -0.39 is 25.1 Å². The van der Waals surface area contributed by atoms with Gasteiger partial charge in [0.25, 0.3) is 5.56 Å². The summed E-state index contributed by atoms with van der Waals surface area (Å²) in [6.07, 6.45) is 1.03. The number of hydrogen-bond donors (Lipinski definition) is 0. The summed E-state index contributed by atoms with van der Waals surface area (Å²) in [6, 6.07) is 6.74.